The molecule has 1 saturated heterocycles. The van der Waals surface area contributed by atoms with E-state index in [9.17, 15) is 4.79 Å². The molecule has 3 N–H and O–H groups in total. The fraction of sp³-hybridized carbons (Fsp3) is 0.321. The first kappa shape index (κ1) is 24.0. The minimum atomic E-state index is -0.519. The molecule has 0 unspecified atom stereocenters. The maximum atomic E-state index is 11.6. The maximum Gasteiger partial charge on any atom is 0.274 e. The molecule has 0 spiro atoms. The third-order valence-corrected chi connectivity index (χ3v) is 6.21. The number of rotatable bonds is 10. The number of fused-ring (bicyclic) bond motifs is 1. The Labute approximate surface area is 201 Å². The Morgan fingerprint density at radius 3 is 2.53 bits per heavy atom. The van der Waals surface area contributed by atoms with Crippen LogP contribution in [0.5, 0.6) is 5.75 Å². The fourth-order valence-corrected chi connectivity index (χ4v) is 4.34. The van der Waals surface area contributed by atoms with Crippen LogP contribution in [0.3, 0.4) is 0 Å². The molecule has 3 aromatic rings. The molecule has 0 atom stereocenters. The summed E-state index contributed by atoms with van der Waals surface area (Å²) in [7, 11) is 0. The van der Waals surface area contributed by atoms with E-state index in [1.165, 1.54) is 32.4 Å². The van der Waals surface area contributed by atoms with Crippen LogP contribution in [0.1, 0.15) is 35.2 Å². The molecular weight excluding hydrogens is 426 g/mol. The van der Waals surface area contributed by atoms with Crippen LogP contribution in [0.2, 0.25) is 0 Å². The molecule has 0 aromatic heterocycles. The summed E-state index contributed by atoms with van der Waals surface area (Å²) in [5, 5.41) is 14.7. The summed E-state index contributed by atoms with van der Waals surface area (Å²) in [5.74, 6) is 0.349. The first-order chi connectivity index (χ1) is 16.7. The summed E-state index contributed by atoms with van der Waals surface area (Å²) in [5.41, 5.74) is 4.17. The Balaban J connectivity index is 1.43. The summed E-state index contributed by atoms with van der Waals surface area (Å²) in [6, 6.07) is 21.5. The highest BCUT2D eigenvalue weighted by atomic mass is 16.5. The van der Waals surface area contributed by atoms with Gasteiger partial charge < -0.3 is 15.0 Å². The molecule has 1 aliphatic rings. The number of nitrogens with zero attached hydrogens (tertiary/aromatic N) is 1. The zero-order valence-electron chi connectivity index (χ0n) is 19.5. The van der Waals surface area contributed by atoms with E-state index in [0.717, 1.165) is 47.3 Å². The number of carbonyl (C=O) groups excluding carboxylic acids is 1. The topological polar surface area (TPSA) is 73.8 Å². The number of piperidine rings is 1. The van der Waals surface area contributed by atoms with Crippen molar-refractivity contribution in [1.82, 2.24) is 15.7 Å². The predicted molar refractivity (Wildman–Crippen MR) is 136 cm³/mol. The van der Waals surface area contributed by atoms with Crippen LogP contribution in [0.15, 0.2) is 72.3 Å². The summed E-state index contributed by atoms with van der Waals surface area (Å²) in [6.07, 6.45) is 6.05. The number of hydrogen-bond donors (Lipinski definition) is 3. The van der Waals surface area contributed by atoms with Gasteiger partial charge in [0.15, 0.2) is 0 Å². The first-order valence-electron chi connectivity index (χ1n) is 12.0. The molecule has 1 heterocycles. The molecule has 6 heteroatoms. The second kappa shape index (κ2) is 12.3. The van der Waals surface area contributed by atoms with Gasteiger partial charge in [0, 0.05) is 30.6 Å². The van der Waals surface area contributed by atoms with E-state index < -0.39 is 5.91 Å². The second-order valence-electron chi connectivity index (χ2n) is 8.71. The molecule has 3 aromatic carbocycles. The highest BCUT2D eigenvalue weighted by Gasteiger charge is 2.10. The molecule has 0 aliphatic carbocycles. The van der Waals surface area contributed by atoms with Crippen LogP contribution in [-0.4, -0.2) is 55.3 Å². The summed E-state index contributed by atoms with van der Waals surface area (Å²) < 4.78 is 6.26. The number of hydrogen-bond acceptors (Lipinski definition) is 5. The van der Waals surface area contributed by atoms with E-state index in [2.05, 4.69) is 34.5 Å². The number of hydroxylamine groups is 1. The minimum Gasteiger partial charge on any atom is -0.489 e. The third kappa shape index (κ3) is 6.67. The molecular formula is C28H33N3O3. The van der Waals surface area contributed by atoms with Crippen LogP contribution < -0.4 is 15.5 Å². The van der Waals surface area contributed by atoms with Crippen LogP contribution in [0.4, 0.5) is 0 Å². The van der Waals surface area contributed by atoms with Crippen molar-refractivity contribution in [2.24, 2.45) is 0 Å². The number of ether oxygens (including phenoxy) is 1. The van der Waals surface area contributed by atoms with Crippen molar-refractivity contribution in [2.75, 3.05) is 39.3 Å². The average Bonchev–Trinajstić information content (AvgIpc) is 2.90. The Morgan fingerprint density at radius 1 is 0.971 bits per heavy atom. The second-order valence-corrected chi connectivity index (χ2v) is 8.71. The van der Waals surface area contributed by atoms with E-state index in [1.54, 1.807) is 17.6 Å². The van der Waals surface area contributed by atoms with Gasteiger partial charge in [0.2, 0.25) is 0 Å². The normalized spacial score (nSPS) is 14.8. The Hall–Kier alpha value is -3.19. The zero-order valence-corrected chi connectivity index (χ0v) is 19.5. The maximum absolute atomic E-state index is 11.6. The van der Waals surface area contributed by atoms with Crippen molar-refractivity contribution >= 4 is 22.8 Å². The number of benzene rings is 3. The van der Waals surface area contributed by atoms with Crippen LogP contribution in [0, 0.1) is 0 Å². The van der Waals surface area contributed by atoms with E-state index >= 15 is 0 Å². The predicted octanol–water partition coefficient (Wildman–Crippen LogP) is 4.50. The Kier molecular flexibility index (Phi) is 8.68. The molecule has 4 rings (SSSR count). The van der Waals surface area contributed by atoms with Gasteiger partial charge in [-0.2, -0.15) is 0 Å². The van der Waals surface area contributed by atoms with Crippen molar-refractivity contribution in [2.45, 2.75) is 19.3 Å². The van der Waals surface area contributed by atoms with Crippen LogP contribution >= 0.6 is 0 Å². The van der Waals surface area contributed by atoms with Gasteiger partial charge in [-0.15, -0.1) is 0 Å². The van der Waals surface area contributed by atoms with Crippen molar-refractivity contribution in [1.29, 1.82) is 0 Å². The van der Waals surface area contributed by atoms with Gasteiger partial charge >= 0.3 is 0 Å². The van der Waals surface area contributed by atoms with E-state index in [1.807, 2.05) is 36.4 Å². The largest absolute Gasteiger partial charge is 0.489 e. The zero-order chi connectivity index (χ0) is 23.6. The summed E-state index contributed by atoms with van der Waals surface area (Å²) in [4.78, 5) is 14.1. The molecule has 1 aliphatic heterocycles. The number of likely N-dealkylation sites (tertiary alicyclic amines) is 1. The van der Waals surface area contributed by atoms with Gasteiger partial charge in [0.1, 0.15) is 12.4 Å². The lowest BCUT2D eigenvalue weighted by Gasteiger charge is -2.26. The minimum absolute atomic E-state index is 0.410. The van der Waals surface area contributed by atoms with Crippen LogP contribution in [-0.2, 0) is 0 Å². The number of nitrogens with one attached hydrogen (secondary N) is 2. The van der Waals surface area contributed by atoms with Gasteiger partial charge in [-0.3, -0.25) is 10.0 Å². The van der Waals surface area contributed by atoms with Gasteiger partial charge in [-0.05, 0) is 60.7 Å². The fourth-order valence-electron chi connectivity index (χ4n) is 4.34. The quantitative estimate of drug-likeness (QED) is 0.237. The van der Waals surface area contributed by atoms with Gasteiger partial charge in [0.05, 0.1) is 0 Å². The molecule has 0 radical (unpaired) electrons. The molecule has 34 heavy (non-hydrogen) atoms. The van der Waals surface area contributed by atoms with Crippen molar-refractivity contribution in [3.05, 3.63) is 83.4 Å². The number of amides is 1. The van der Waals surface area contributed by atoms with E-state index in [4.69, 9.17) is 9.94 Å². The van der Waals surface area contributed by atoms with Crippen LogP contribution in [0.25, 0.3) is 16.8 Å². The average molecular weight is 460 g/mol. The van der Waals surface area contributed by atoms with Gasteiger partial charge in [-0.25, -0.2) is 5.48 Å². The lowest BCUT2D eigenvalue weighted by Crippen LogP contribution is -2.36. The van der Waals surface area contributed by atoms with E-state index in [0.29, 0.717) is 12.2 Å². The monoisotopic (exact) mass is 459 g/mol. The Bertz CT molecular complexity index is 1100. The first-order valence-corrected chi connectivity index (χ1v) is 12.0. The van der Waals surface area contributed by atoms with E-state index in [-0.39, 0.29) is 0 Å². The highest BCUT2D eigenvalue weighted by molar-refractivity contribution is 5.93. The smallest absolute Gasteiger partial charge is 0.274 e. The van der Waals surface area contributed by atoms with Crippen molar-refractivity contribution in [3.8, 4) is 5.75 Å². The van der Waals surface area contributed by atoms with Gasteiger partial charge in [0.25, 0.3) is 5.91 Å². The molecule has 1 amide bonds. The highest BCUT2D eigenvalue weighted by Crippen LogP contribution is 2.25. The molecule has 6 nitrogen and oxygen atoms in total. The SMILES string of the molecule is O=C(NO)c1ccc(/C=C(/CNCCN2CCCCC2)COc2cccc3ccccc23)cc1. The summed E-state index contributed by atoms with van der Waals surface area (Å²) in [6.45, 7) is 5.56. The van der Waals surface area contributed by atoms with Crippen molar-refractivity contribution < 1.29 is 14.7 Å². The van der Waals surface area contributed by atoms with Crippen molar-refractivity contribution in [3.63, 3.8) is 0 Å². The lowest BCUT2D eigenvalue weighted by molar-refractivity contribution is 0.0706. The molecule has 178 valence electrons. The number of carbonyl (C=O) groups is 1. The lowest BCUT2D eigenvalue weighted by atomic mass is 10.1. The molecule has 1 fully saturated rings. The molecule has 0 bridgehead atoms. The molecule has 0 saturated carbocycles. The Morgan fingerprint density at radius 2 is 1.74 bits per heavy atom. The standard InChI is InChI=1S/C28H33N3O3/c32-28(30-33)25-13-11-22(12-14-25)19-23(20-29-15-18-31-16-4-1-5-17-31)21-34-27-10-6-8-24-7-2-3-9-26(24)27/h2-3,6-14,19,29,33H,1,4-5,15-18,20-21H2,(H,30,32)/b23-19-. The summed E-state index contributed by atoms with van der Waals surface area (Å²) >= 11 is 0. The third-order valence-electron chi connectivity index (χ3n) is 6.21. The van der Waals surface area contributed by atoms with Gasteiger partial charge in [-0.1, -0.05) is 61.0 Å².